The molecule has 18 nitrogen and oxygen atoms in total. The summed E-state index contributed by atoms with van der Waals surface area (Å²) in [5.74, 6) is -0.724. The van der Waals surface area contributed by atoms with Crippen molar-refractivity contribution in [3.05, 3.63) is 101 Å². The largest absolute Gasteiger partial charge is 0.507 e. The Balaban J connectivity index is 0.822. The van der Waals surface area contributed by atoms with Gasteiger partial charge in [0.2, 0.25) is 17.7 Å². The van der Waals surface area contributed by atoms with Gasteiger partial charge in [0.25, 0.3) is 0 Å². The van der Waals surface area contributed by atoms with Crippen molar-refractivity contribution in [1.82, 2.24) is 41.1 Å². The van der Waals surface area contributed by atoms with Crippen molar-refractivity contribution in [1.29, 1.82) is 0 Å². The molecule has 2 aliphatic heterocycles. The molecule has 3 amide bonds. The number of carbonyl (C=O) groups is 3. The molecule has 4 heterocycles. The molecule has 8 N–H and O–H groups in total. The van der Waals surface area contributed by atoms with Gasteiger partial charge >= 0.3 is 0 Å². The van der Waals surface area contributed by atoms with Gasteiger partial charge in [0, 0.05) is 42.4 Å². The van der Waals surface area contributed by atoms with Crippen molar-refractivity contribution in [3.8, 4) is 16.2 Å². The Labute approximate surface area is 376 Å². The van der Waals surface area contributed by atoms with Gasteiger partial charge in [-0.2, -0.15) is 5.10 Å². The van der Waals surface area contributed by atoms with Crippen LogP contribution in [-0.2, 0) is 46.4 Å². The van der Waals surface area contributed by atoms with E-state index in [0.29, 0.717) is 56.7 Å². The molecule has 0 radical (unpaired) electrons. The maximum Gasteiger partial charge on any atom is 0.246 e. The number of allylic oxidation sites excluding steroid dienone is 2. The summed E-state index contributed by atoms with van der Waals surface area (Å²) in [6.45, 7) is 10.2. The highest BCUT2D eigenvalue weighted by Gasteiger charge is 2.44. The number of hydrazine groups is 1. The molecule has 2 aromatic carbocycles. The first-order valence-electron chi connectivity index (χ1n) is 21.2. The average Bonchev–Trinajstić information content (AvgIpc) is 4.03. The SMILES string of the molecule is Cc1ncsc1-c1ccc(CNC(=O)[C@@H]2C[C@@H](O)CN2C(=O)[C@@H](NC(=O)COCCOCCOCCOCCn2cc(C3=C(N)NNC(c4ccccc4O)=C3)cn2)C(C)(C)C)cc1. The number of amides is 3. The zero-order valence-corrected chi connectivity index (χ0v) is 37.5. The van der Waals surface area contributed by atoms with Gasteiger partial charge < -0.3 is 50.4 Å². The lowest BCUT2D eigenvalue weighted by Crippen LogP contribution is -2.58. The summed E-state index contributed by atoms with van der Waals surface area (Å²) in [4.78, 5) is 47.0. The zero-order chi connectivity index (χ0) is 45.6. The number of benzene rings is 2. The molecule has 0 aliphatic carbocycles. The van der Waals surface area contributed by atoms with Crippen LogP contribution in [0.3, 0.4) is 0 Å². The number of phenolic OH excluding ortho intramolecular Hbond substituents is 1. The summed E-state index contributed by atoms with van der Waals surface area (Å²) in [6, 6.07) is 13.0. The summed E-state index contributed by atoms with van der Waals surface area (Å²) in [5.41, 5.74) is 19.0. The monoisotopic (exact) mass is 901 g/mol. The molecular formula is C45H59N9O9S. The van der Waals surface area contributed by atoms with Crippen LogP contribution in [0, 0.1) is 12.3 Å². The molecule has 0 spiro atoms. The number of nitrogens with zero attached hydrogens (tertiary/aromatic N) is 4. The number of nitrogens with two attached hydrogens (primary N) is 1. The number of phenols is 1. The Morgan fingerprint density at radius 1 is 0.953 bits per heavy atom. The predicted octanol–water partition coefficient (Wildman–Crippen LogP) is 2.67. The molecule has 344 valence electrons. The van der Waals surface area contributed by atoms with E-state index in [2.05, 4.69) is 31.6 Å². The van der Waals surface area contributed by atoms with Gasteiger partial charge in [-0.25, -0.2) is 4.98 Å². The van der Waals surface area contributed by atoms with Gasteiger partial charge in [-0.05, 0) is 41.7 Å². The van der Waals surface area contributed by atoms with Gasteiger partial charge in [0.05, 0.1) is 86.9 Å². The Kier molecular flexibility index (Phi) is 16.9. The number of β-amino-alcohol motifs (C(OH)–C–C–N with tert-alkyl or cyclic N) is 1. The molecule has 1 fully saturated rings. The van der Waals surface area contributed by atoms with Gasteiger partial charge in [-0.3, -0.25) is 29.9 Å². The van der Waals surface area contributed by atoms with E-state index in [0.717, 1.165) is 32.8 Å². The van der Waals surface area contributed by atoms with E-state index in [1.54, 1.807) is 34.3 Å². The normalized spacial score (nSPS) is 16.8. The van der Waals surface area contributed by atoms with Crippen LogP contribution >= 0.6 is 11.3 Å². The first kappa shape index (κ1) is 47.6. The number of likely N-dealkylation sites (tertiary alicyclic amines) is 1. The summed E-state index contributed by atoms with van der Waals surface area (Å²) in [7, 11) is 0. The zero-order valence-electron chi connectivity index (χ0n) is 36.7. The number of nitrogens with one attached hydrogen (secondary N) is 4. The molecule has 1 saturated heterocycles. The minimum Gasteiger partial charge on any atom is -0.507 e. The number of aromatic hydroxyl groups is 1. The molecule has 0 unspecified atom stereocenters. The van der Waals surface area contributed by atoms with Crippen LogP contribution in [0.15, 0.2) is 78.3 Å². The van der Waals surface area contributed by atoms with E-state index in [1.807, 2.05) is 81.9 Å². The first-order valence-corrected chi connectivity index (χ1v) is 22.1. The number of para-hydroxylation sites is 1. The summed E-state index contributed by atoms with van der Waals surface area (Å²) >= 11 is 1.57. The average molecular weight is 902 g/mol. The number of aliphatic hydroxyl groups is 1. The Morgan fingerprint density at radius 3 is 2.31 bits per heavy atom. The van der Waals surface area contributed by atoms with Crippen molar-refractivity contribution >= 4 is 40.3 Å². The maximum atomic E-state index is 13.9. The maximum absolute atomic E-state index is 13.9. The van der Waals surface area contributed by atoms with Gasteiger partial charge in [0.1, 0.15) is 30.3 Å². The van der Waals surface area contributed by atoms with E-state index >= 15 is 0 Å². The lowest BCUT2D eigenvalue weighted by molar-refractivity contribution is -0.144. The fourth-order valence-electron chi connectivity index (χ4n) is 7.14. The molecule has 2 aliphatic rings. The predicted molar refractivity (Wildman–Crippen MR) is 241 cm³/mol. The van der Waals surface area contributed by atoms with Crippen LogP contribution in [0.2, 0.25) is 0 Å². The van der Waals surface area contributed by atoms with Crippen LogP contribution in [0.25, 0.3) is 21.7 Å². The topological polar surface area (TPSA) is 237 Å². The summed E-state index contributed by atoms with van der Waals surface area (Å²) in [6.07, 6.45) is 4.68. The highest BCUT2D eigenvalue weighted by atomic mass is 32.1. The number of rotatable bonds is 22. The summed E-state index contributed by atoms with van der Waals surface area (Å²) in [5, 5.41) is 30.9. The molecule has 4 aromatic rings. The minimum absolute atomic E-state index is 0.0180. The molecular weight excluding hydrogens is 843 g/mol. The van der Waals surface area contributed by atoms with Gasteiger partial charge in [0.15, 0.2) is 0 Å². The molecule has 0 saturated carbocycles. The van der Waals surface area contributed by atoms with Crippen LogP contribution in [0.4, 0.5) is 0 Å². The Hall–Kier alpha value is -5.83. The van der Waals surface area contributed by atoms with Crippen molar-refractivity contribution in [3.63, 3.8) is 0 Å². The third kappa shape index (κ3) is 13.1. The molecule has 0 bridgehead atoms. The molecule has 2 aromatic heterocycles. The van der Waals surface area contributed by atoms with Gasteiger partial charge in [-0.15, -0.1) is 11.3 Å². The Bertz CT molecular complexity index is 2250. The van der Waals surface area contributed by atoms with E-state index in [9.17, 15) is 24.6 Å². The Morgan fingerprint density at radius 2 is 1.64 bits per heavy atom. The van der Waals surface area contributed by atoms with Crippen LogP contribution < -0.4 is 27.2 Å². The second-order valence-electron chi connectivity index (χ2n) is 16.5. The molecule has 64 heavy (non-hydrogen) atoms. The third-order valence-corrected chi connectivity index (χ3v) is 11.6. The number of thiazole rings is 1. The standard InChI is InChI=1S/C45H59N9O9S/c1-29-40(64-28-48-29)31-11-9-30(10-12-31)23-47-43(58)37-21-33(55)26-54(37)44(59)41(45(2,3)4)50-39(57)27-63-20-19-62-18-17-61-16-15-60-14-13-53-25-32(24-49-53)35-22-36(51-52-42(35)46)34-7-5-6-8-38(34)56/h5-12,22,24-25,28,33,37,41,51-52,55-56H,13-21,23,26-27,46H2,1-4H3,(H,47,58)(H,50,57)/t33-,37+,41-/m1/s1. The fourth-order valence-corrected chi connectivity index (χ4v) is 7.95. The molecule has 19 heteroatoms. The highest BCUT2D eigenvalue weighted by Crippen LogP contribution is 2.30. The summed E-state index contributed by atoms with van der Waals surface area (Å²) < 4.78 is 24.1. The van der Waals surface area contributed by atoms with Crippen molar-refractivity contribution in [2.45, 2.75) is 65.4 Å². The number of hydrogen-bond donors (Lipinski definition) is 7. The third-order valence-electron chi connectivity index (χ3n) is 10.6. The number of aryl methyl sites for hydroxylation is 1. The van der Waals surface area contributed by atoms with E-state index < -0.39 is 35.4 Å². The first-order chi connectivity index (χ1) is 30.8. The van der Waals surface area contributed by atoms with Crippen molar-refractivity contribution < 1.29 is 43.5 Å². The van der Waals surface area contributed by atoms with Gasteiger partial charge in [-0.1, -0.05) is 57.2 Å². The number of carbonyl (C=O) groups excluding carboxylic acids is 3. The van der Waals surface area contributed by atoms with E-state index in [-0.39, 0.29) is 51.0 Å². The van der Waals surface area contributed by atoms with Crippen LogP contribution in [0.1, 0.15) is 49.6 Å². The van der Waals surface area contributed by atoms with Crippen molar-refractivity contribution in [2.24, 2.45) is 11.1 Å². The molecule has 3 atom stereocenters. The second kappa shape index (κ2) is 22.7. The number of hydrogen-bond acceptors (Lipinski definition) is 15. The lowest BCUT2D eigenvalue weighted by atomic mass is 9.85. The lowest BCUT2D eigenvalue weighted by Gasteiger charge is -2.35. The van der Waals surface area contributed by atoms with Crippen LogP contribution in [-0.4, -0.2) is 125 Å². The van der Waals surface area contributed by atoms with Crippen molar-refractivity contribution in [2.75, 3.05) is 59.4 Å². The van der Waals surface area contributed by atoms with Crippen LogP contribution in [0.5, 0.6) is 5.75 Å². The smallest absolute Gasteiger partial charge is 0.246 e. The van der Waals surface area contributed by atoms with E-state index in [4.69, 9.17) is 24.7 Å². The number of ether oxygens (including phenoxy) is 4. The highest BCUT2D eigenvalue weighted by molar-refractivity contribution is 7.13. The number of aliphatic hydroxyl groups excluding tert-OH is 1. The second-order valence-corrected chi connectivity index (χ2v) is 17.3. The fraction of sp³-hybridized carbons (Fsp3) is 0.444. The van der Waals surface area contributed by atoms with E-state index in [1.165, 1.54) is 4.90 Å². The quantitative estimate of drug-likeness (QED) is 0.0562. The minimum atomic E-state index is -0.966. The molecule has 6 rings (SSSR count). The number of aromatic nitrogens is 3.